The number of nitrogens with zero attached hydrogens (tertiary/aromatic N) is 2. The summed E-state index contributed by atoms with van der Waals surface area (Å²) in [4.78, 5) is 17.8. The smallest absolute Gasteiger partial charge is 0.358 e. The van der Waals surface area contributed by atoms with Crippen molar-refractivity contribution in [3.05, 3.63) is 40.5 Å². The van der Waals surface area contributed by atoms with Gasteiger partial charge in [-0.1, -0.05) is 31.4 Å². The first-order chi connectivity index (χ1) is 11.7. The second kappa shape index (κ2) is 7.59. The molecule has 1 heterocycles. The Balaban J connectivity index is 2.03. The molecule has 1 aromatic heterocycles. The molecule has 2 aromatic rings. The molecule has 3 rings (SSSR count). The third-order valence-electron chi connectivity index (χ3n) is 4.32. The van der Waals surface area contributed by atoms with Crippen LogP contribution in [0.1, 0.15) is 66.0 Å². The molecular weight excluding hydrogens is 320 g/mol. The highest BCUT2D eigenvalue weighted by Crippen LogP contribution is 2.39. The van der Waals surface area contributed by atoms with Crippen LogP contribution in [0.4, 0.5) is 0 Å². The number of nitriles is 1. The molecule has 0 atom stereocenters. The molecule has 0 spiro atoms. The molecule has 0 amide bonds. The number of carbonyl (C=O) groups is 1. The van der Waals surface area contributed by atoms with Gasteiger partial charge in [-0.05, 0) is 37.5 Å². The van der Waals surface area contributed by atoms with Gasteiger partial charge in [0.2, 0.25) is 0 Å². The summed E-state index contributed by atoms with van der Waals surface area (Å²) in [6.07, 6.45) is 5.99. The molecule has 0 radical (unpaired) electrons. The Bertz CT molecular complexity index is 770. The number of carbonyl (C=O) groups excluding carboxylic acids is 1. The van der Waals surface area contributed by atoms with Gasteiger partial charge < -0.3 is 4.74 Å². The largest absolute Gasteiger partial charge is 0.461 e. The molecule has 0 unspecified atom stereocenters. The van der Waals surface area contributed by atoms with E-state index in [0.29, 0.717) is 23.8 Å². The van der Waals surface area contributed by atoms with E-state index in [2.05, 4.69) is 11.1 Å². The predicted octanol–water partition coefficient (Wildman–Crippen LogP) is 4.91. The number of rotatable bonds is 4. The molecule has 0 aliphatic heterocycles. The van der Waals surface area contributed by atoms with Gasteiger partial charge in [-0.3, -0.25) is 0 Å². The molecule has 0 bridgehead atoms. The third kappa shape index (κ3) is 3.49. The number of benzene rings is 1. The Morgan fingerprint density at radius 2 is 2.17 bits per heavy atom. The number of ether oxygens (including phenoxy) is 1. The second-order valence-electron chi connectivity index (χ2n) is 5.98. The van der Waals surface area contributed by atoms with Gasteiger partial charge in [0.05, 0.1) is 28.1 Å². The van der Waals surface area contributed by atoms with Crippen molar-refractivity contribution in [2.75, 3.05) is 6.61 Å². The summed E-state index contributed by atoms with van der Waals surface area (Å²) in [5, 5.41) is 10.2. The topological polar surface area (TPSA) is 63.0 Å². The zero-order valence-corrected chi connectivity index (χ0v) is 14.6. The Morgan fingerprint density at radius 3 is 2.88 bits per heavy atom. The van der Waals surface area contributed by atoms with Crippen molar-refractivity contribution in [1.82, 2.24) is 4.98 Å². The minimum atomic E-state index is -0.381. The Morgan fingerprint density at radius 1 is 1.38 bits per heavy atom. The van der Waals surface area contributed by atoms with Crippen LogP contribution in [0.2, 0.25) is 0 Å². The summed E-state index contributed by atoms with van der Waals surface area (Å²) in [5.74, 6) is 0.0537. The predicted molar refractivity (Wildman–Crippen MR) is 94.0 cm³/mol. The highest BCUT2D eigenvalue weighted by atomic mass is 32.1. The SMILES string of the molecule is CCOC(=O)c1nc(C2CCCCC2)sc1-c1cccc(C#N)c1. The van der Waals surface area contributed by atoms with Crippen LogP contribution in [-0.2, 0) is 4.74 Å². The van der Waals surface area contributed by atoms with Crippen LogP contribution in [0.3, 0.4) is 0 Å². The molecule has 1 fully saturated rings. The fourth-order valence-electron chi connectivity index (χ4n) is 3.12. The Labute approximate surface area is 146 Å². The standard InChI is InChI=1S/C19H20N2O2S/c1-2-23-19(22)16-17(15-10-6-7-13(11-15)12-20)24-18(21-16)14-8-4-3-5-9-14/h6-7,10-11,14H,2-5,8-9H2,1H3. The Hall–Kier alpha value is -2.19. The van der Waals surface area contributed by atoms with E-state index in [4.69, 9.17) is 10.00 Å². The van der Waals surface area contributed by atoms with Crippen molar-refractivity contribution in [3.8, 4) is 16.5 Å². The zero-order valence-electron chi connectivity index (χ0n) is 13.7. The number of esters is 1. The van der Waals surface area contributed by atoms with Crippen LogP contribution in [0.15, 0.2) is 24.3 Å². The van der Waals surface area contributed by atoms with Gasteiger partial charge in [0, 0.05) is 5.92 Å². The van der Waals surface area contributed by atoms with Crippen molar-refractivity contribution in [2.45, 2.75) is 44.9 Å². The van der Waals surface area contributed by atoms with E-state index in [9.17, 15) is 4.79 Å². The van der Waals surface area contributed by atoms with Crippen LogP contribution in [0.5, 0.6) is 0 Å². The van der Waals surface area contributed by atoms with E-state index < -0.39 is 0 Å². The zero-order chi connectivity index (χ0) is 16.9. The minimum Gasteiger partial charge on any atom is -0.461 e. The summed E-state index contributed by atoms with van der Waals surface area (Å²) in [6.45, 7) is 2.12. The van der Waals surface area contributed by atoms with Crippen molar-refractivity contribution in [2.24, 2.45) is 0 Å². The van der Waals surface area contributed by atoms with Crippen molar-refractivity contribution in [1.29, 1.82) is 5.26 Å². The first-order valence-corrected chi connectivity index (χ1v) is 9.23. The normalized spacial score (nSPS) is 15.0. The van der Waals surface area contributed by atoms with E-state index >= 15 is 0 Å². The second-order valence-corrected chi connectivity index (χ2v) is 7.01. The van der Waals surface area contributed by atoms with Crippen LogP contribution in [0, 0.1) is 11.3 Å². The lowest BCUT2D eigenvalue weighted by Gasteiger charge is -2.18. The first kappa shape index (κ1) is 16.7. The van der Waals surface area contributed by atoms with Gasteiger partial charge >= 0.3 is 5.97 Å². The van der Waals surface area contributed by atoms with Gasteiger partial charge in [0.25, 0.3) is 0 Å². The molecular formula is C19H20N2O2S. The molecule has 0 saturated heterocycles. The highest BCUT2D eigenvalue weighted by molar-refractivity contribution is 7.15. The lowest BCUT2D eigenvalue weighted by molar-refractivity contribution is 0.0521. The van der Waals surface area contributed by atoms with Gasteiger partial charge in [0.1, 0.15) is 0 Å². The van der Waals surface area contributed by atoms with Gasteiger partial charge in [-0.25, -0.2) is 9.78 Å². The van der Waals surface area contributed by atoms with E-state index in [1.807, 2.05) is 12.1 Å². The lowest BCUT2D eigenvalue weighted by Crippen LogP contribution is -2.08. The molecule has 1 aromatic carbocycles. The van der Waals surface area contributed by atoms with E-state index in [1.165, 1.54) is 19.3 Å². The molecule has 124 valence electrons. The Kier molecular flexibility index (Phi) is 5.27. The van der Waals surface area contributed by atoms with E-state index in [-0.39, 0.29) is 5.97 Å². The van der Waals surface area contributed by atoms with Crippen LogP contribution in [-0.4, -0.2) is 17.6 Å². The van der Waals surface area contributed by atoms with Crippen LogP contribution < -0.4 is 0 Å². The van der Waals surface area contributed by atoms with Gasteiger partial charge in [0.15, 0.2) is 5.69 Å². The molecule has 1 aliphatic rings. The molecule has 1 aliphatic carbocycles. The number of hydrogen-bond acceptors (Lipinski definition) is 5. The molecule has 24 heavy (non-hydrogen) atoms. The van der Waals surface area contributed by atoms with E-state index in [1.54, 1.807) is 30.4 Å². The summed E-state index contributed by atoms with van der Waals surface area (Å²) >= 11 is 1.57. The van der Waals surface area contributed by atoms with Gasteiger partial charge in [-0.15, -0.1) is 11.3 Å². The summed E-state index contributed by atoms with van der Waals surface area (Å²) in [5.41, 5.74) is 1.82. The summed E-state index contributed by atoms with van der Waals surface area (Å²) < 4.78 is 5.19. The molecule has 4 nitrogen and oxygen atoms in total. The molecule has 1 saturated carbocycles. The maximum Gasteiger partial charge on any atom is 0.358 e. The average Bonchev–Trinajstić information content (AvgIpc) is 3.08. The van der Waals surface area contributed by atoms with Crippen molar-refractivity contribution < 1.29 is 9.53 Å². The monoisotopic (exact) mass is 340 g/mol. The highest BCUT2D eigenvalue weighted by Gasteiger charge is 2.25. The lowest BCUT2D eigenvalue weighted by atomic mass is 9.90. The number of hydrogen-bond donors (Lipinski definition) is 0. The number of thiazole rings is 1. The molecule has 0 N–H and O–H groups in total. The summed E-state index contributed by atoms with van der Waals surface area (Å²) in [7, 11) is 0. The van der Waals surface area contributed by atoms with Crippen LogP contribution in [0.25, 0.3) is 10.4 Å². The average molecular weight is 340 g/mol. The van der Waals surface area contributed by atoms with Gasteiger partial charge in [-0.2, -0.15) is 5.26 Å². The fraction of sp³-hybridized carbons (Fsp3) is 0.421. The fourth-order valence-corrected chi connectivity index (χ4v) is 4.34. The maximum atomic E-state index is 12.3. The maximum absolute atomic E-state index is 12.3. The quantitative estimate of drug-likeness (QED) is 0.742. The van der Waals surface area contributed by atoms with E-state index in [0.717, 1.165) is 28.3 Å². The first-order valence-electron chi connectivity index (χ1n) is 8.41. The summed E-state index contributed by atoms with van der Waals surface area (Å²) in [6, 6.07) is 9.47. The molecule has 5 heteroatoms. The van der Waals surface area contributed by atoms with Crippen molar-refractivity contribution >= 4 is 17.3 Å². The third-order valence-corrected chi connectivity index (χ3v) is 5.59. The minimum absolute atomic E-state index is 0.326. The number of aromatic nitrogens is 1. The van der Waals surface area contributed by atoms with Crippen molar-refractivity contribution in [3.63, 3.8) is 0 Å². The van der Waals surface area contributed by atoms with Crippen LogP contribution >= 0.6 is 11.3 Å².